The third-order valence-electron chi connectivity index (χ3n) is 4.48. The number of fused-ring (bicyclic) bond motifs is 1. The van der Waals surface area contributed by atoms with Crippen LogP contribution < -0.4 is 5.32 Å². The van der Waals surface area contributed by atoms with Crippen LogP contribution in [-0.4, -0.2) is 37.3 Å². The first-order valence-corrected chi connectivity index (χ1v) is 9.95. The molecule has 3 aromatic heterocycles. The largest absolute Gasteiger partial charge is 0.461 e. The third kappa shape index (κ3) is 3.78. The van der Waals surface area contributed by atoms with Gasteiger partial charge in [-0.1, -0.05) is 24.3 Å². The minimum atomic E-state index is -0.471. The molecule has 0 bridgehead atoms. The summed E-state index contributed by atoms with van der Waals surface area (Å²) >= 11 is 0. The summed E-state index contributed by atoms with van der Waals surface area (Å²) in [5.41, 5.74) is 2.93. The molecule has 4 aromatic rings. The van der Waals surface area contributed by atoms with E-state index in [2.05, 4.69) is 31.2 Å². The van der Waals surface area contributed by atoms with Crippen LogP contribution in [0.15, 0.2) is 60.9 Å². The van der Waals surface area contributed by atoms with Crippen molar-refractivity contribution in [3.8, 4) is 16.9 Å². The molecule has 1 aromatic carbocycles. The van der Waals surface area contributed by atoms with Crippen molar-refractivity contribution in [1.29, 1.82) is 0 Å². The SMILES string of the molecule is CCOC(=O)c1nn(-c2ccccc2)cc1-c1nc2ccccn2c1NC(C)(C)C. The van der Waals surface area contributed by atoms with Gasteiger partial charge in [-0.05, 0) is 52.0 Å². The first-order valence-electron chi connectivity index (χ1n) is 9.95. The standard InChI is InChI=1S/C23H25N5O2/c1-5-30-22(29)20-17(15-28(26-20)16-11-7-6-8-12-16)19-21(25-23(2,3)4)27-14-10-9-13-18(27)24-19/h6-15,25H,5H2,1-4H3. The van der Waals surface area contributed by atoms with E-state index in [1.807, 2.05) is 65.3 Å². The monoisotopic (exact) mass is 403 g/mol. The predicted molar refractivity (Wildman–Crippen MR) is 117 cm³/mol. The normalized spacial score (nSPS) is 11.6. The number of para-hydroxylation sites is 1. The molecule has 0 saturated carbocycles. The van der Waals surface area contributed by atoms with Crippen molar-refractivity contribution in [2.24, 2.45) is 0 Å². The van der Waals surface area contributed by atoms with E-state index in [1.165, 1.54) is 0 Å². The number of ether oxygens (including phenoxy) is 1. The molecule has 3 heterocycles. The van der Waals surface area contributed by atoms with E-state index >= 15 is 0 Å². The van der Waals surface area contributed by atoms with E-state index in [9.17, 15) is 4.79 Å². The summed E-state index contributed by atoms with van der Waals surface area (Å²) in [6.07, 6.45) is 3.78. The van der Waals surface area contributed by atoms with Crippen molar-refractivity contribution >= 4 is 17.4 Å². The van der Waals surface area contributed by atoms with Crippen molar-refractivity contribution in [2.75, 3.05) is 11.9 Å². The second-order valence-corrected chi connectivity index (χ2v) is 8.00. The summed E-state index contributed by atoms with van der Waals surface area (Å²) in [5, 5.41) is 8.08. The van der Waals surface area contributed by atoms with Crippen molar-refractivity contribution in [3.05, 3.63) is 66.6 Å². The molecular weight excluding hydrogens is 378 g/mol. The van der Waals surface area contributed by atoms with E-state index in [0.29, 0.717) is 11.3 Å². The van der Waals surface area contributed by atoms with Gasteiger partial charge in [-0.25, -0.2) is 14.5 Å². The highest BCUT2D eigenvalue weighted by atomic mass is 16.5. The number of rotatable bonds is 5. The number of anilines is 1. The smallest absolute Gasteiger partial charge is 0.359 e. The molecule has 0 aliphatic rings. The minimum absolute atomic E-state index is 0.208. The van der Waals surface area contributed by atoms with E-state index in [4.69, 9.17) is 9.72 Å². The van der Waals surface area contributed by atoms with Crippen LogP contribution in [-0.2, 0) is 4.74 Å². The maximum absolute atomic E-state index is 12.7. The van der Waals surface area contributed by atoms with Gasteiger partial charge in [0.15, 0.2) is 5.69 Å². The zero-order valence-corrected chi connectivity index (χ0v) is 17.6. The van der Waals surface area contributed by atoms with E-state index in [0.717, 1.165) is 17.2 Å². The summed E-state index contributed by atoms with van der Waals surface area (Å²) in [6, 6.07) is 15.5. The van der Waals surface area contributed by atoms with Gasteiger partial charge in [0.25, 0.3) is 0 Å². The third-order valence-corrected chi connectivity index (χ3v) is 4.48. The minimum Gasteiger partial charge on any atom is -0.461 e. The van der Waals surface area contributed by atoms with Crippen LogP contribution in [0.1, 0.15) is 38.2 Å². The molecule has 154 valence electrons. The number of nitrogens with one attached hydrogen (secondary N) is 1. The molecule has 0 unspecified atom stereocenters. The molecule has 0 aliphatic carbocycles. The molecular formula is C23H25N5O2. The molecule has 0 spiro atoms. The Bertz CT molecular complexity index is 1190. The average molecular weight is 403 g/mol. The first-order chi connectivity index (χ1) is 14.4. The summed E-state index contributed by atoms with van der Waals surface area (Å²) in [7, 11) is 0. The highest BCUT2D eigenvalue weighted by Crippen LogP contribution is 2.33. The average Bonchev–Trinajstić information content (AvgIpc) is 3.30. The number of benzene rings is 1. The Morgan fingerprint density at radius 2 is 1.83 bits per heavy atom. The maximum Gasteiger partial charge on any atom is 0.359 e. The lowest BCUT2D eigenvalue weighted by molar-refractivity contribution is 0.0520. The lowest BCUT2D eigenvalue weighted by Gasteiger charge is -2.22. The van der Waals surface area contributed by atoms with Gasteiger partial charge in [0, 0.05) is 17.9 Å². The van der Waals surface area contributed by atoms with E-state index in [-0.39, 0.29) is 17.8 Å². The van der Waals surface area contributed by atoms with Gasteiger partial charge in [-0.15, -0.1) is 0 Å². The molecule has 1 N–H and O–H groups in total. The summed E-state index contributed by atoms with van der Waals surface area (Å²) in [6.45, 7) is 8.30. The Morgan fingerprint density at radius 1 is 1.10 bits per heavy atom. The Balaban J connectivity index is 1.95. The number of carbonyl (C=O) groups is 1. The van der Waals surface area contributed by atoms with Gasteiger partial charge in [0.05, 0.1) is 17.9 Å². The summed E-state index contributed by atoms with van der Waals surface area (Å²) in [4.78, 5) is 17.6. The predicted octanol–water partition coefficient (Wildman–Crippen LogP) is 4.57. The van der Waals surface area contributed by atoms with Gasteiger partial charge in [-0.2, -0.15) is 5.10 Å². The number of hydrogen-bond donors (Lipinski definition) is 1. The summed E-state index contributed by atoms with van der Waals surface area (Å²) < 4.78 is 8.95. The Labute approximate surface area is 175 Å². The number of hydrogen-bond acceptors (Lipinski definition) is 5. The van der Waals surface area contributed by atoms with Gasteiger partial charge in [-0.3, -0.25) is 4.40 Å². The van der Waals surface area contributed by atoms with Gasteiger partial charge in [0.2, 0.25) is 0 Å². The van der Waals surface area contributed by atoms with Crippen molar-refractivity contribution in [2.45, 2.75) is 33.2 Å². The number of pyridine rings is 1. The van der Waals surface area contributed by atoms with Crippen molar-refractivity contribution in [3.63, 3.8) is 0 Å². The highest BCUT2D eigenvalue weighted by molar-refractivity contribution is 5.97. The number of esters is 1. The second-order valence-electron chi connectivity index (χ2n) is 8.00. The van der Waals surface area contributed by atoms with Crippen LogP contribution in [0.3, 0.4) is 0 Å². The molecule has 4 rings (SSSR count). The first kappa shape index (κ1) is 19.7. The van der Waals surface area contributed by atoms with Gasteiger partial charge >= 0.3 is 5.97 Å². The highest BCUT2D eigenvalue weighted by Gasteiger charge is 2.26. The molecule has 0 aliphatic heterocycles. The Morgan fingerprint density at radius 3 is 2.53 bits per heavy atom. The van der Waals surface area contributed by atoms with Crippen LogP contribution in [0.25, 0.3) is 22.6 Å². The van der Waals surface area contributed by atoms with Crippen molar-refractivity contribution in [1.82, 2.24) is 19.2 Å². The molecule has 0 atom stereocenters. The van der Waals surface area contributed by atoms with E-state index in [1.54, 1.807) is 11.6 Å². The number of imidazole rings is 1. The topological polar surface area (TPSA) is 73.5 Å². The Hall–Kier alpha value is -3.61. The molecule has 0 amide bonds. The molecule has 7 nitrogen and oxygen atoms in total. The zero-order valence-electron chi connectivity index (χ0n) is 17.6. The quantitative estimate of drug-likeness (QED) is 0.494. The van der Waals surface area contributed by atoms with Crippen LogP contribution >= 0.6 is 0 Å². The summed E-state index contributed by atoms with van der Waals surface area (Å²) in [5.74, 6) is 0.331. The van der Waals surface area contributed by atoms with Crippen LogP contribution in [0.5, 0.6) is 0 Å². The fourth-order valence-corrected chi connectivity index (χ4v) is 3.27. The molecule has 0 saturated heterocycles. The molecule has 0 radical (unpaired) electrons. The van der Waals surface area contributed by atoms with Crippen molar-refractivity contribution < 1.29 is 9.53 Å². The number of carbonyl (C=O) groups excluding carboxylic acids is 1. The van der Waals surface area contributed by atoms with Gasteiger partial charge in [0.1, 0.15) is 17.2 Å². The lowest BCUT2D eigenvalue weighted by atomic mass is 10.1. The van der Waals surface area contributed by atoms with Crippen LogP contribution in [0, 0.1) is 0 Å². The molecule has 0 fully saturated rings. The van der Waals surface area contributed by atoms with Crippen LogP contribution in [0.4, 0.5) is 5.82 Å². The zero-order chi connectivity index (χ0) is 21.3. The fourth-order valence-electron chi connectivity index (χ4n) is 3.27. The number of aromatic nitrogens is 4. The maximum atomic E-state index is 12.7. The lowest BCUT2D eigenvalue weighted by Crippen LogP contribution is -2.27. The number of nitrogens with zero attached hydrogens (tertiary/aromatic N) is 4. The van der Waals surface area contributed by atoms with Gasteiger partial charge < -0.3 is 10.1 Å². The fraction of sp³-hybridized carbons (Fsp3) is 0.261. The van der Waals surface area contributed by atoms with Crippen LogP contribution in [0.2, 0.25) is 0 Å². The van der Waals surface area contributed by atoms with E-state index < -0.39 is 5.97 Å². The Kier molecular flexibility index (Phi) is 5.03. The molecule has 30 heavy (non-hydrogen) atoms. The molecule has 7 heteroatoms. The second kappa shape index (κ2) is 7.67.